The van der Waals surface area contributed by atoms with Gasteiger partial charge in [-0.05, 0) is 42.0 Å². The van der Waals surface area contributed by atoms with E-state index >= 15 is 0 Å². The first-order valence-electron chi connectivity index (χ1n) is 10.8. The lowest BCUT2D eigenvalue weighted by molar-refractivity contribution is -0.123. The number of carbonyl (C=O) groups is 1. The Morgan fingerprint density at radius 1 is 1.17 bits per heavy atom. The van der Waals surface area contributed by atoms with Gasteiger partial charge in [0.15, 0.2) is 10.9 Å². The van der Waals surface area contributed by atoms with Gasteiger partial charge in [-0.2, -0.15) is 4.31 Å². The molecule has 0 atom stereocenters. The quantitative estimate of drug-likeness (QED) is 0.359. The number of rotatable bonds is 6. The van der Waals surface area contributed by atoms with E-state index in [4.69, 9.17) is 0 Å². The Hall–Kier alpha value is -2.80. The van der Waals surface area contributed by atoms with Crippen LogP contribution >= 0.6 is 22.7 Å². The molecule has 7 nitrogen and oxygen atoms in total. The molecule has 0 aliphatic carbocycles. The zero-order valence-electron chi connectivity index (χ0n) is 18.3. The van der Waals surface area contributed by atoms with Crippen molar-refractivity contribution in [3.63, 3.8) is 0 Å². The van der Waals surface area contributed by atoms with Gasteiger partial charge in [0.25, 0.3) is 10.0 Å². The average molecular weight is 535 g/mol. The number of piperidine rings is 1. The fourth-order valence-corrected chi connectivity index (χ4v) is 7.70. The summed E-state index contributed by atoms with van der Waals surface area (Å²) in [5, 5.41) is 1.97. The standard InChI is InChI=1S/C23H20F2N4O3S3/c24-17-11-18(25)21-19(12-17)34-23(27-21)29(14-15-3-1-7-26-13-15)22(30)16-5-8-28(9-6-16)35(31,32)20-4-2-10-33-20/h1-4,7,10-13,16H,5-6,8-9,14H2. The molecule has 0 N–H and O–H groups in total. The van der Waals surface area contributed by atoms with Gasteiger partial charge in [0.2, 0.25) is 5.91 Å². The molecule has 0 bridgehead atoms. The van der Waals surface area contributed by atoms with E-state index in [2.05, 4.69) is 9.97 Å². The summed E-state index contributed by atoms with van der Waals surface area (Å²) in [7, 11) is -3.58. The van der Waals surface area contributed by atoms with Crippen LogP contribution in [-0.4, -0.2) is 41.7 Å². The molecular weight excluding hydrogens is 514 g/mol. The molecule has 4 heterocycles. The predicted octanol–water partition coefficient (Wildman–Crippen LogP) is 4.67. The summed E-state index contributed by atoms with van der Waals surface area (Å²) in [5.41, 5.74) is 0.761. The smallest absolute Gasteiger partial charge is 0.252 e. The van der Waals surface area contributed by atoms with Gasteiger partial charge < -0.3 is 0 Å². The van der Waals surface area contributed by atoms with E-state index in [0.717, 1.165) is 34.3 Å². The number of hydrogen-bond acceptors (Lipinski definition) is 7. The fourth-order valence-electron chi connectivity index (χ4n) is 4.08. The van der Waals surface area contributed by atoms with Crippen molar-refractivity contribution in [3.8, 4) is 0 Å². The zero-order valence-corrected chi connectivity index (χ0v) is 20.8. The van der Waals surface area contributed by atoms with Crippen LogP contribution in [-0.2, 0) is 21.4 Å². The van der Waals surface area contributed by atoms with Crippen molar-refractivity contribution in [2.24, 2.45) is 5.92 Å². The molecule has 1 aromatic carbocycles. The minimum atomic E-state index is -3.58. The second-order valence-electron chi connectivity index (χ2n) is 8.13. The van der Waals surface area contributed by atoms with Gasteiger partial charge in [-0.15, -0.1) is 11.3 Å². The van der Waals surface area contributed by atoms with Gasteiger partial charge in [-0.1, -0.05) is 23.5 Å². The number of halogens is 2. The lowest BCUT2D eigenvalue weighted by atomic mass is 9.96. The van der Waals surface area contributed by atoms with Gasteiger partial charge in [0, 0.05) is 37.5 Å². The van der Waals surface area contributed by atoms with Crippen LogP contribution in [0.15, 0.2) is 58.4 Å². The highest BCUT2D eigenvalue weighted by Gasteiger charge is 2.35. The highest BCUT2D eigenvalue weighted by molar-refractivity contribution is 7.91. The number of aromatic nitrogens is 2. The molecule has 182 valence electrons. The summed E-state index contributed by atoms with van der Waals surface area (Å²) in [6, 6.07) is 8.79. The topological polar surface area (TPSA) is 83.5 Å². The molecule has 35 heavy (non-hydrogen) atoms. The van der Waals surface area contributed by atoms with Crippen molar-refractivity contribution in [1.29, 1.82) is 0 Å². The second kappa shape index (κ2) is 9.69. The summed E-state index contributed by atoms with van der Waals surface area (Å²) in [6.07, 6.45) is 3.95. The predicted molar refractivity (Wildman–Crippen MR) is 131 cm³/mol. The normalized spacial score (nSPS) is 15.5. The first-order chi connectivity index (χ1) is 16.8. The van der Waals surface area contributed by atoms with Crippen LogP contribution in [0.3, 0.4) is 0 Å². The number of anilines is 1. The number of pyridine rings is 1. The summed E-state index contributed by atoms with van der Waals surface area (Å²) in [6.45, 7) is 0.596. The Bertz CT molecular complexity index is 1450. The van der Waals surface area contributed by atoms with Crippen molar-refractivity contribution in [2.45, 2.75) is 23.6 Å². The van der Waals surface area contributed by atoms with Crippen molar-refractivity contribution < 1.29 is 22.0 Å². The van der Waals surface area contributed by atoms with Crippen LogP contribution in [0.25, 0.3) is 10.2 Å². The van der Waals surface area contributed by atoms with E-state index in [0.29, 0.717) is 17.5 Å². The third kappa shape index (κ3) is 4.83. The van der Waals surface area contributed by atoms with E-state index in [-0.39, 0.29) is 40.4 Å². The highest BCUT2D eigenvalue weighted by atomic mass is 32.2. The third-order valence-electron chi connectivity index (χ3n) is 5.85. The molecule has 1 fully saturated rings. The van der Waals surface area contributed by atoms with Crippen LogP contribution in [0.5, 0.6) is 0 Å². The molecule has 1 amide bonds. The van der Waals surface area contributed by atoms with E-state index in [1.54, 1.807) is 36.0 Å². The first kappa shape index (κ1) is 23.9. The Morgan fingerprint density at radius 2 is 1.97 bits per heavy atom. The highest BCUT2D eigenvalue weighted by Crippen LogP contribution is 2.34. The Labute approximate surface area is 208 Å². The molecule has 0 radical (unpaired) electrons. The summed E-state index contributed by atoms with van der Waals surface area (Å²) in [5.74, 6) is -2.17. The number of thiazole rings is 1. The van der Waals surface area contributed by atoms with Gasteiger partial charge in [-0.25, -0.2) is 22.2 Å². The van der Waals surface area contributed by atoms with Crippen LogP contribution in [0.2, 0.25) is 0 Å². The monoisotopic (exact) mass is 534 g/mol. The molecule has 1 saturated heterocycles. The van der Waals surface area contributed by atoms with Crippen LogP contribution < -0.4 is 4.90 Å². The maximum atomic E-state index is 14.3. The maximum absolute atomic E-state index is 14.3. The molecule has 0 spiro atoms. The van der Waals surface area contributed by atoms with Crippen molar-refractivity contribution in [3.05, 3.63) is 71.4 Å². The molecule has 4 aromatic rings. The fraction of sp³-hybridized carbons (Fsp3) is 0.261. The molecule has 0 unspecified atom stereocenters. The van der Waals surface area contributed by atoms with E-state index in [1.165, 1.54) is 15.3 Å². The number of benzene rings is 1. The third-order valence-corrected chi connectivity index (χ3v) is 10.2. The average Bonchev–Trinajstić information content (AvgIpc) is 3.54. The lowest BCUT2D eigenvalue weighted by Gasteiger charge is -2.32. The molecule has 3 aromatic heterocycles. The summed E-state index contributed by atoms with van der Waals surface area (Å²) in [4.78, 5) is 23.5. The van der Waals surface area contributed by atoms with Crippen LogP contribution in [0, 0.1) is 17.6 Å². The number of thiophene rings is 1. The Kier molecular flexibility index (Phi) is 6.62. The molecule has 1 aliphatic rings. The van der Waals surface area contributed by atoms with E-state index in [1.807, 2.05) is 6.07 Å². The van der Waals surface area contributed by atoms with Gasteiger partial charge >= 0.3 is 0 Å². The minimum absolute atomic E-state index is 0.00671. The Balaban J connectivity index is 1.40. The Morgan fingerprint density at radius 3 is 2.66 bits per heavy atom. The number of amides is 1. The number of fused-ring (bicyclic) bond motifs is 1. The van der Waals surface area contributed by atoms with Gasteiger partial charge in [0.1, 0.15) is 15.5 Å². The number of hydrogen-bond donors (Lipinski definition) is 0. The van der Waals surface area contributed by atoms with Crippen LogP contribution in [0.4, 0.5) is 13.9 Å². The molecule has 5 rings (SSSR count). The van der Waals surface area contributed by atoms with E-state index in [9.17, 15) is 22.0 Å². The summed E-state index contributed by atoms with van der Waals surface area (Å²) < 4.78 is 55.7. The molecule has 0 saturated carbocycles. The first-order valence-corrected chi connectivity index (χ1v) is 14.0. The molecule has 1 aliphatic heterocycles. The number of sulfonamides is 1. The second-order valence-corrected chi connectivity index (χ2v) is 12.2. The molecular formula is C23H20F2N4O3S3. The van der Waals surface area contributed by atoms with E-state index < -0.39 is 27.6 Å². The summed E-state index contributed by atoms with van der Waals surface area (Å²) >= 11 is 2.20. The largest absolute Gasteiger partial charge is 0.283 e. The minimum Gasteiger partial charge on any atom is -0.283 e. The maximum Gasteiger partial charge on any atom is 0.252 e. The lowest BCUT2D eigenvalue weighted by Crippen LogP contribution is -2.44. The zero-order chi connectivity index (χ0) is 24.6. The van der Waals surface area contributed by atoms with Crippen molar-refractivity contribution >= 4 is 54.0 Å². The SMILES string of the molecule is O=C(C1CCN(S(=O)(=O)c2cccs2)CC1)N(Cc1cccnc1)c1nc2c(F)cc(F)cc2s1. The van der Waals surface area contributed by atoms with Gasteiger partial charge in [-0.3, -0.25) is 14.7 Å². The van der Waals surface area contributed by atoms with Crippen LogP contribution in [0.1, 0.15) is 18.4 Å². The van der Waals surface area contributed by atoms with Gasteiger partial charge in [0.05, 0.1) is 11.2 Å². The molecule has 12 heteroatoms. The number of nitrogens with zero attached hydrogens (tertiary/aromatic N) is 4. The number of carbonyl (C=O) groups excluding carboxylic acids is 1. The van der Waals surface area contributed by atoms with Crippen molar-refractivity contribution in [2.75, 3.05) is 18.0 Å². The van der Waals surface area contributed by atoms with Crippen molar-refractivity contribution in [1.82, 2.24) is 14.3 Å².